The number of aryl methyl sites for hydroxylation is 1. The molecule has 0 unspecified atom stereocenters. The molecule has 0 bridgehead atoms. The highest BCUT2D eigenvalue weighted by molar-refractivity contribution is 6.30. The number of amides is 1. The zero-order valence-corrected chi connectivity index (χ0v) is 18.0. The van der Waals surface area contributed by atoms with Crippen molar-refractivity contribution in [1.29, 1.82) is 0 Å². The van der Waals surface area contributed by atoms with Crippen LogP contribution in [0.25, 0.3) is 16.7 Å². The van der Waals surface area contributed by atoms with E-state index in [1.165, 1.54) is 18.4 Å². The number of anilines is 1. The molecule has 0 spiro atoms. The number of hydrogen-bond acceptors (Lipinski definition) is 4. The zero-order valence-electron chi connectivity index (χ0n) is 17.2. The third-order valence-corrected chi connectivity index (χ3v) is 5.09. The number of halogens is 1. The summed E-state index contributed by atoms with van der Waals surface area (Å²) in [6, 6.07) is 20.6. The number of ether oxygens (including phenoxy) is 1. The second-order valence-electron chi connectivity index (χ2n) is 7.25. The van der Waals surface area contributed by atoms with Gasteiger partial charge in [0.05, 0.1) is 5.69 Å². The van der Waals surface area contributed by atoms with Gasteiger partial charge in [0.1, 0.15) is 16.8 Å². The van der Waals surface area contributed by atoms with E-state index in [-0.39, 0.29) is 12.5 Å². The standard InChI is InChI=1S/C24H23ClN4O2/c1-2-3-4-17-5-10-20(11-6-17)29-27-22-14-9-19(15-23(22)28-29)26-24(30)16-31-21-12-7-18(25)8-13-21/h5-15H,2-4,16H2,1H3,(H,26,30). The van der Waals surface area contributed by atoms with Crippen molar-refractivity contribution in [3.8, 4) is 11.4 Å². The molecule has 0 aliphatic heterocycles. The number of rotatable bonds is 8. The minimum absolute atomic E-state index is 0.100. The Hall–Kier alpha value is -3.38. The molecule has 0 saturated heterocycles. The third-order valence-electron chi connectivity index (χ3n) is 4.83. The molecule has 1 heterocycles. The van der Waals surface area contributed by atoms with Gasteiger partial charge in [0, 0.05) is 10.7 Å². The largest absolute Gasteiger partial charge is 0.484 e. The van der Waals surface area contributed by atoms with Crippen molar-refractivity contribution in [1.82, 2.24) is 15.0 Å². The molecule has 4 rings (SSSR count). The summed E-state index contributed by atoms with van der Waals surface area (Å²) in [4.78, 5) is 13.8. The van der Waals surface area contributed by atoms with Crippen molar-refractivity contribution >= 4 is 34.2 Å². The molecule has 3 aromatic carbocycles. The van der Waals surface area contributed by atoms with Gasteiger partial charge in [-0.2, -0.15) is 4.80 Å². The van der Waals surface area contributed by atoms with E-state index in [4.69, 9.17) is 16.3 Å². The Morgan fingerprint density at radius 1 is 1.00 bits per heavy atom. The van der Waals surface area contributed by atoms with Crippen LogP contribution >= 0.6 is 11.6 Å². The van der Waals surface area contributed by atoms with E-state index in [0.29, 0.717) is 22.0 Å². The fraction of sp³-hybridized carbons (Fsp3) is 0.208. The highest BCUT2D eigenvalue weighted by atomic mass is 35.5. The first-order chi connectivity index (χ1) is 15.1. The van der Waals surface area contributed by atoms with Crippen molar-refractivity contribution < 1.29 is 9.53 Å². The summed E-state index contributed by atoms with van der Waals surface area (Å²) in [5, 5.41) is 12.5. The number of nitrogens with one attached hydrogen (secondary N) is 1. The first-order valence-electron chi connectivity index (χ1n) is 10.3. The summed E-state index contributed by atoms with van der Waals surface area (Å²) in [5.74, 6) is 0.322. The van der Waals surface area contributed by atoms with Crippen molar-refractivity contribution in [2.75, 3.05) is 11.9 Å². The number of carbonyl (C=O) groups excluding carboxylic acids is 1. The quantitative estimate of drug-likeness (QED) is 0.401. The summed E-state index contributed by atoms with van der Waals surface area (Å²) in [5.41, 5.74) is 4.31. The van der Waals surface area contributed by atoms with Gasteiger partial charge >= 0.3 is 0 Å². The minimum atomic E-state index is -0.260. The first kappa shape index (κ1) is 20.9. The predicted octanol–water partition coefficient (Wildman–Crippen LogP) is 5.43. The smallest absolute Gasteiger partial charge is 0.262 e. The van der Waals surface area contributed by atoms with Crippen LogP contribution in [0.4, 0.5) is 5.69 Å². The number of fused-ring (bicyclic) bond motifs is 1. The fourth-order valence-electron chi connectivity index (χ4n) is 3.16. The molecule has 0 aliphatic carbocycles. The first-order valence-corrected chi connectivity index (χ1v) is 10.6. The third kappa shape index (κ3) is 5.41. The van der Waals surface area contributed by atoms with Gasteiger partial charge in [0.15, 0.2) is 6.61 Å². The maximum atomic E-state index is 12.2. The number of aromatic nitrogens is 3. The van der Waals surface area contributed by atoms with Gasteiger partial charge in [-0.15, -0.1) is 10.2 Å². The average molecular weight is 435 g/mol. The highest BCUT2D eigenvalue weighted by Crippen LogP contribution is 2.19. The van der Waals surface area contributed by atoms with Crippen LogP contribution in [0.5, 0.6) is 5.75 Å². The number of nitrogens with zero attached hydrogens (tertiary/aromatic N) is 3. The molecule has 0 atom stereocenters. The minimum Gasteiger partial charge on any atom is -0.484 e. The van der Waals surface area contributed by atoms with Gasteiger partial charge in [0.25, 0.3) is 5.91 Å². The van der Waals surface area contributed by atoms with Crippen molar-refractivity contribution in [2.45, 2.75) is 26.2 Å². The molecule has 6 nitrogen and oxygen atoms in total. The van der Waals surface area contributed by atoms with Crippen molar-refractivity contribution in [3.63, 3.8) is 0 Å². The normalized spacial score (nSPS) is 10.9. The molecular weight excluding hydrogens is 412 g/mol. The highest BCUT2D eigenvalue weighted by Gasteiger charge is 2.09. The van der Waals surface area contributed by atoms with Gasteiger partial charge in [-0.25, -0.2) is 0 Å². The predicted molar refractivity (Wildman–Crippen MR) is 123 cm³/mol. The molecule has 1 N–H and O–H groups in total. The van der Waals surface area contributed by atoms with Gasteiger partial charge < -0.3 is 10.1 Å². The second-order valence-corrected chi connectivity index (χ2v) is 7.69. The maximum absolute atomic E-state index is 12.2. The Bertz CT molecular complexity index is 1170. The fourth-order valence-corrected chi connectivity index (χ4v) is 3.29. The Labute approximate surface area is 185 Å². The molecular formula is C24H23ClN4O2. The SMILES string of the molecule is CCCCc1ccc(-n2nc3ccc(NC(=O)COc4ccc(Cl)cc4)cc3n2)cc1. The number of unbranched alkanes of at least 4 members (excludes halogenated alkanes) is 1. The summed E-state index contributed by atoms with van der Waals surface area (Å²) in [6.07, 6.45) is 3.44. The number of benzene rings is 3. The average Bonchev–Trinajstić information content (AvgIpc) is 3.21. The van der Waals surface area contributed by atoms with E-state index in [2.05, 4.69) is 34.6 Å². The van der Waals surface area contributed by atoms with E-state index < -0.39 is 0 Å². The Balaban J connectivity index is 1.41. The summed E-state index contributed by atoms with van der Waals surface area (Å²) in [6.45, 7) is 2.09. The zero-order chi connectivity index (χ0) is 21.6. The van der Waals surface area contributed by atoms with E-state index in [9.17, 15) is 4.79 Å². The molecule has 1 aromatic heterocycles. The molecule has 0 radical (unpaired) electrons. The van der Waals surface area contributed by atoms with Crippen LogP contribution in [0.3, 0.4) is 0 Å². The molecule has 0 fully saturated rings. The van der Waals surface area contributed by atoms with Gasteiger partial charge in [-0.3, -0.25) is 4.79 Å². The second kappa shape index (κ2) is 9.62. The van der Waals surface area contributed by atoms with Crippen LogP contribution in [0.2, 0.25) is 5.02 Å². The van der Waals surface area contributed by atoms with E-state index in [0.717, 1.165) is 17.6 Å². The van der Waals surface area contributed by atoms with Crippen LogP contribution in [-0.2, 0) is 11.2 Å². The van der Waals surface area contributed by atoms with Crippen LogP contribution in [0, 0.1) is 0 Å². The van der Waals surface area contributed by atoms with Crippen LogP contribution < -0.4 is 10.1 Å². The number of hydrogen-bond donors (Lipinski definition) is 1. The molecule has 4 aromatic rings. The lowest BCUT2D eigenvalue weighted by Gasteiger charge is -2.07. The summed E-state index contributed by atoms with van der Waals surface area (Å²) in [7, 11) is 0. The van der Waals surface area contributed by atoms with E-state index in [1.54, 1.807) is 41.2 Å². The molecule has 31 heavy (non-hydrogen) atoms. The molecule has 7 heteroatoms. The van der Waals surface area contributed by atoms with Gasteiger partial charge in [0.2, 0.25) is 0 Å². The topological polar surface area (TPSA) is 69.0 Å². The van der Waals surface area contributed by atoms with Gasteiger partial charge in [-0.05, 0) is 73.0 Å². The van der Waals surface area contributed by atoms with Crippen molar-refractivity contribution in [3.05, 3.63) is 77.3 Å². The van der Waals surface area contributed by atoms with Crippen LogP contribution in [0.15, 0.2) is 66.7 Å². The Morgan fingerprint density at radius 3 is 2.48 bits per heavy atom. The van der Waals surface area contributed by atoms with Crippen LogP contribution in [0.1, 0.15) is 25.3 Å². The van der Waals surface area contributed by atoms with Crippen molar-refractivity contribution in [2.24, 2.45) is 0 Å². The van der Waals surface area contributed by atoms with E-state index >= 15 is 0 Å². The molecule has 158 valence electrons. The lowest BCUT2D eigenvalue weighted by atomic mass is 10.1. The van der Waals surface area contributed by atoms with Crippen LogP contribution in [-0.4, -0.2) is 27.5 Å². The lowest BCUT2D eigenvalue weighted by Crippen LogP contribution is -2.20. The Morgan fingerprint density at radius 2 is 1.74 bits per heavy atom. The molecule has 1 amide bonds. The molecule has 0 saturated carbocycles. The summed E-state index contributed by atoms with van der Waals surface area (Å²) >= 11 is 5.85. The number of carbonyl (C=O) groups is 1. The maximum Gasteiger partial charge on any atom is 0.262 e. The molecule has 0 aliphatic rings. The summed E-state index contributed by atoms with van der Waals surface area (Å²) < 4.78 is 5.48. The van der Waals surface area contributed by atoms with Gasteiger partial charge in [-0.1, -0.05) is 37.1 Å². The monoisotopic (exact) mass is 434 g/mol. The Kier molecular flexibility index (Phi) is 6.48. The van der Waals surface area contributed by atoms with E-state index in [1.807, 2.05) is 18.2 Å². The lowest BCUT2D eigenvalue weighted by molar-refractivity contribution is -0.118.